The lowest BCUT2D eigenvalue weighted by atomic mass is 10.2. The van der Waals surface area contributed by atoms with Gasteiger partial charge in [0, 0.05) is 38.9 Å². The molecule has 0 N–H and O–H groups in total. The maximum absolute atomic E-state index is 13.5. The second-order valence-electron chi connectivity index (χ2n) is 7.79. The van der Waals surface area contributed by atoms with E-state index in [1.807, 2.05) is 26.0 Å². The number of thioether (sulfide) groups is 1. The lowest BCUT2D eigenvalue weighted by Crippen LogP contribution is -2.47. The molecule has 2 aromatic rings. The fourth-order valence-corrected chi connectivity index (χ4v) is 5.28. The Labute approximate surface area is 191 Å². The summed E-state index contributed by atoms with van der Waals surface area (Å²) in [4.78, 5) is 38.0. The molecule has 0 bridgehead atoms. The molecular formula is C22H27N5O2S2. The average molecular weight is 458 g/mol. The van der Waals surface area contributed by atoms with Crippen molar-refractivity contribution in [2.75, 3.05) is 44.2 Å². The fraction of sp³-hybridized carbons (Fsp3) is 0.455. The molecule has 4 heterocycles. The minimum absolute atomic E-state index is 0.132. The molecule has 2 aliphatic heterocycles. The van der Waals surface area contributed by atoms with E-state index in [-0.39, 0.29) is 11.5 Å². The summed E-state index contributed by atoms with van der Waals surface area (Å²) >= 11 is 6.66. The third-order valence-corrected chi connectivity index (χ3v) is 7.16. The van der Waals surface area contributed by atoms with Gasteiger partial charge in [-0.3, -0.25) is 18.9 Å². The Hall–Kier alpha value is -2.23. The number of fused-ring (bicyclic) bond motifs is 1. The molecule has 9 heteroatoms. The van der Waals surface area contributed by atoms with Gasteiger partial charge in [-0.1, -0.05) is 43.9 Å². The van der Waals surface area contributed by atoms with Crippen molar-refractivity contribution >= 4 is 51.7 Å². The number of amides is 1. The van der Waals surface area contributed by atoms with Crippen LogP contribution in [0, 0.1) is 6.92 Å². The van der Waals surface area contributed by atoms with Gasteiger partial charge in [0.25, 0.3) is 11.5 Å². The standard InChI is InChI=1S/C22H27N5O2S2/c1-4-8-27-21(29)17(31-22(27)30)14-16-19(25-12-10-24(5-2)11-13-25)23-18-15(3)7-6-9-26(18)20(16)28/h6-7,9,14H,4-5,8,10-13H2,1-3H3/b17-14+. The van der Waals surface area contributed by atoms with Crippen molar-refractivity contribution in [3.63, 3.8) is 0 Å². The van der Waals surface area contributed by atoms with E-state index < -0.39 is 0 Å². The molecule has 7 nitrogen and oxygen atoms in total. The van der Waals surface area contributed by atoms with Crippen LogP contribution in [0.2, 0.25) is 0 Å². The van der Waals surface area contributed by atoms with Gasteiger partial charge in [-0.2, -0.15) is 0 Å². The fourth-order valence-electron chi connectivity index (χ4n) is 3.99. The topological polar surface area (TPSA) is 61.2 Å². The number of piperazine rings is 1. The Morgan fingerprint density at radius 3 is 2.61 bits per heavy atom. The number of carbonyl (C=O) groups excluding carboxylic acids is 1. The number of anilines is 1. The van der Waals surface area contributed by atoms with Crippen molar-refractivity contribution in [1.82, 2.24) is 19.2 Å². The minimum Gasteiger partial charge on any atom is -0.353 e. The molecule has 2 fully saturated rings. The first-order chi connectivity index (χ1) is 14.9. The highest BCUT2D eigenvalue weighted by Crippen LogP contribution is 2.33. The molecule has 0 radical (unpaired) electrons. The van der Waals surface area contributed by atoms with Crippen molar-refractivity contribution in [1.29, 1.82) is 0 Å². The Morgan fingerprint density at radius 2 is 1.94 bits per heavy atom. The van der Waals surface area contributed by atoms with Crippen molar-refractivity contribution < 1.29 is 4.79 Å². The second-order valence-corrected chi connectivity index (χ2v) is 9.47. The molecule has 2 aromatic heterocycles. The Balaban J connectivity index is 1.84. The molecule has 0 aromatic carbocycles. The van der Waals surface area contributed by atoms with Crippen LogP contribution in [0.5, 0.6) is 0 Å². The van der Waals surface area contributed by atoms with Crippen LogP contribution in [0.4, 0.5) is 5.82 Å². The largest absolute Gasteiger partial charge is 0.353 e. The molecule has 2 saturated heterocycles. The van der Waals surface area contributed by atoms with Crippen LogP contribution in [0.3, 0.4) is 0 Å². The zero-order chi connectivity index (χ0) is 22.1. The number of nitrogens with zero attached hydrogens (tertiary/aromatic N) is 5. The number of hydrogen-bond donors (Lipinski definition) is 0. The SMILES string of the molecule is CCCN1C(=O)/C(=C\c2c(N3CCN(CC)CC3)nc3c(C)cccn3c2=O)SC1=S. The number of thiocarbonyl (C=S) groups is 1. The first-order valence-electron chi connectivity index (χ1n) is 10.7. The van der Waals surface area contributed by atoms with E-state index in [0.717, 1.165) is 44.7 Å². The van der Waals surface area contributed by atoms with E-state index in [2.05, 4.69) is 16.7 Å². The quantitative estimate of drug-likeness (QED) is 0.505. The highest BCUT2D eigenvalue weighted by molar-refractivity contribution is 8.26. The molecule has 0 saturated carbocycles. The normalized spacial score (nSPS) is 19.3. The third-order valence-electron chi connectivity index (χ3n) is 5.78. The summed E-state index contributed by atoms with van der Waals surface area (Å²) in [6, 6.07) is 3.80. The van der Waals surface area contributed by atoms with E-state index in [0.29, 0.717) is 32.8 Å². The molecule has 164 valence electrons. The first kappa shape index (κ1) is 22.0. The zero-order valence-electron chi connectivity index (χ0n) is 18.1. The summed E-state index contributed by atoms with van der Waals surface area (Å²) < 4.78 is 2.11. The number of aromatic nitrogens is 2. The second kappa shape index (κ2) is 9.10. The lowest BCUT2D eigenvalue weighted by molar-refractivity contribution is -0.122. The van der Waals surface area contributed by atoms with Gasteiger partial charge < -0.3 is 9.80 Å². The van der Waals surface area contributed by atoms with Gasteiger partial charge in [0.1, 0.15) is 15.8 Å². The van der Waals surface area contributed by atoms with E-state index in [1.54, 1.807) is 21.6 Å². The van der Waals surface area contributed by atoms with Gasteiger partial charge in [0.05, 0.1) is 10.5 Å². The zero-order valence-corrected chi connectivity index (χ0v) is 19.8. The minimum atomic E-state index is -0.164. The number of likely N-dealkylation sites (N-methyl/N-ethyl adjacent to an activating group) is 1. The van der Waals surface area contributed by atoms with Crippen molar-refractivity contribution in [3.05, 3.63) is 44.7 Å². The van der Waals surface area contributed by atoms with Crippen molar-refractivity contribution in [2.24, 2.45) is 0 Å². The van der Waals surface area contributed by atoms with Crippen molar-refractivity contribution in [3.8, 4) is 0 Å². The number of pyridine rings is 1. The summed E-state index contributed by atoms with van der Waals surface area (Å²) in [5.74, 6) is 0.517. The maximum atomic E-state index is 13.5. The molecular weight excluding hydrogens is 430 g/mol. The van der Waals surface area contributed by atoms with Gasteiger partial charge in [0.15, 0.2) is 0 Å². The van der Waals surface area contributed by atoms with Crippen LogP contribution in [-0.2, 0) is 4.79 Å². The van der Waals surface area contributed by atoms with E-state index >= 15 is 0 Å². The Morgan fingerprint density at radius 1 is 1.19 bits per heavy atom. The summed E-state index contributed by atoms with van der Waals surface area (Å²) in [6.45, 7) is 11.1. The summed E-state index contributed by atoms with van der Waals surface area (Å²) in [7, 11) is 0. The lowest BCUT2D eigenvalue weighted by Gasteiger charge is -2.35. The molecule has 0 aliphatic carbocycles. The predicted molar refractivity (Wildman–Crippen MR) is 131 cm³/mol. The third kappa shape index (κ3) is 4.14. The van der Waals surface area contributed by atoms with Crippen LogP contribution in [0.15, 0.2) is 28.0 Å². The number of aryl methyl sites for hydroxylation is 1. The molecule has 0 unspecified atom stereocenters. The molecule has 0 atom stereocenters. The summed E-state index contributed by atoms with van der Waals surface area (Å²) in [5.41, 5.74) is 1.87. The number of hydrogen-bond acceptors (Lipinski definition) is 7. The van der Waals surface area contributed by atoms with Crippen molar-refractivity contribution in [2.45, 2.75) is 27.2 Å². The van der Waals surface area contributed by atoms with Gasteiger partial charge in [-0.25, -0.2) is 4.98 Å². The van der Waals surface area contributed by atoms with Crippen LogP contribution in [0.25, 0.3) is 11.7 Å². The number of carbonyl (C=O) groups is 1. The Kier molecular flexibility index (Phi) is 6.45. The van der Waals surface area contributed by atoms with Crippen LogP contribution in [0.1, 0.15) is 31.4 Å². The molecule has 4 rings (SSSR count). The maximum Gasteiger partial charge on any atom is 0.267 e. The van der Waals surface area contributed by atoms with Crippen LogP contribution in [-0.4, -0.2) is 68.7 Å². The molecule has 2 aliphatic rings. The van der Waals surface area contributed by atoms with Gasteiger partial charge >= 0.3 is 0 Å². The van der Waals surface area contributed by atoms with E-state index in [9.17, 15) is 9.59 Å². The van der Waals surface area contributed by atoms with Gasteiger partial charge in [0.2, 0.25) is 0 Å². The van der Waals surface area contributed by atoms with E-state index in [1.165, 1.54) is 11.8 Å². The first-order valence-corrected chi connectivity index (χ1v) is 11.9. The average Bonchev–Trinajstić information content (AvgIpc) is 3.04. The molecule has 0 spiro atoms. The van der Waals surface area contributed by atoms with E-state index in [4.69, 9.17) is 17.2 Å². The monoisotopic (exact) mass is 457 g/mol. The van der Waals surface area contributed by atoms with Crippen LogP contribution >= 0.6 is 24.0 Å². The smallest absolute Gasteiger partial charge is 0.267 e. The van der Waals surface area contributed by atoms with Crippen LogP contribution < -0.4 is 10.5 Å². The summed E-state index contributed by atoms with van der Waals surface area (Å²) in [6.07, 6.45) is 4.25. The predicted octanol–water partition coefficient (Wildman–Crippen LogP) is 2.76. The highest BCUT2D eigenvalue weighted by atomic mass is 32.2. The van der Waals surface area contributed by atoms with Gasteiger partial charge in [-0.05, 0) is 37.6 Å². The summed E-state index contributed by atoms with van der Waals surface area (Å²) in [5, 5.41) is 0. The number of rotatable bonds is 5. The van der Waals surface area contributed by atoms with Gasteiger partial charge in [-0.15, -0.1) is 0 Å². The molecule has 1 amide bonds. The molecule has 31 heavy (non-hydrogen) atoms. The Bertz CT molecular complexity index is 1120. The highest BCUT2D eigenvalue weighted by Gasteiger charge is 2.32.